The summed E-state index contributed by atoms with van der Waals surface area (Å²) in [6.07, 6.45) is 2.59. The Hall–Kier alpha value is -1.38. The first-order valence-electron chi connectivity index (χ1n) is 5.24. The highest BCUT2D eigenvalue weighted by atomic mass is 35.5. The molecule has 6 nitrogen and oxygen atoms in total. The molecule has 0 bridgehead atoms. The first-order chi connectivity index (χ1) is 9.01. The number of pyridine rings is 1. The molecule has 0 radical (unpaired) electrons. The Morgan fingerprint density at radius 3 is 2.68 bits per heavy atom. The van der Waals surface area contributed by atoms with Crippen molar-refractivity contribution in [3.8, 4) is 5.88 Å². The van der Waals surface area contributed by atoms with Crippen LogP contribution in [0.25, 0.3) is 0 Å². The number of halogens is 1. The molecule has 0 aliphatic heterocycles. The summed E-state index contributed by atoms with van der Waals surface area (Å²) in [6, 6.07) is 3.15. The number of sulfonamides is 1. The van der Waals surface area contributed by atoms with Gasteiger partial charge in [0.1, 0.15) is 0 Å². The van der Waals surface area contributed by atoms with Crippen LogP contribution in [0.2, 0.25) is 4.47 Å². The van der Waals surface area contributed by atoms with Gasteiger partial charge in [0.2, 0.25) is 5.88 Å². The van der Waals surface area contributed by atoms with E-state index in [1.165, 1.54) is 12.4 Å². The highest BCUT2D eigenvalue weighted by molar-refractivity contribution is 7.94. The summed E-state index contributed by atoms with van der Waals surface area (Å²) in [7, 11) is -3.68. The Bertz CT molecular complexity index is 655. The van der Waals surface area contributed by atoms with Crippen LogP contribution in [0, 0.1) is 0 Å². The molecule has 2 heterocycles. The summed E-state index contributed by atoms with van der Waals surface area (Å²) in [4.78, 5) is 7.66. The third-order valence-electron chi connectivity index (χ3n) is 2.00. The highest BCUT2D eigenvalue weighted by Gasteiger charge is 2.17. The van der Waals surface area contributed by atoms with Gasteiger partial charge in [-0.05, 0) is 13.0 Å². The minimum atomic E-state index is -3.68. The lowest BCUT2D eigenvalue weighted by atomic mass is 10.4. The molecular formula is C10H10ClN3O3S2. The summed E-state index contributed by atoms with van der Waals surface area (Å²) < 4.78 is 31.7. The van der Waals surface area contributed by atoms with Gasteiger partial charge in [0, 0.05) is 6.07 Å². The Morgan fingerprint density at radius 1 is 1.37 bits per heavy atom. The Labute approximate surface area is 119 Å². The summed E-state index contributed by atoms with van der Waals surface area (Å²) in [5, 5.41) is 0. The van der Waals surface area contributed by atoms with Crippen LogP contribution in [-0.4, -0.2) is 25.0 Å². The molecule has 0 saturated carbocycles. The number of hydrogen-bond donors (Lipinski definition) is 1. The number of rotatable bonds is 5. The summed E-state index contributed by atoms with van der Waals surface area (Å²) in [5.41, 5.74) is 0.341. The molecule has 0 aliphatic carbocycles. The molecule has 0 atom stereocenters. The zero-order chi connectivity index (χ0) is 13.9. The Kier molecular flexibility index (Phi) is 4.23. The molecule has 0 amide bonds. The van der Waals surface area contributed by atoms with Gasteiger partial charge in [-0.15, -0.1) is 0 Å². The monoisotopic (exact) mass is 319 g/mol. The lowest BCUT2D eigenvalue weighted by Gasteiger charge is -2.06. The normalized spacial score (nSPS) is 11.3. The molecule has 1 N–H and O–H groups in total. The van der Waals surface area contributed by atoms with Gasteiger partial charge in [-0.1, -0.05) is 22.9 Å². The first-order valence-corrected chi connectivity index (χ1v) is 7.92. The van der Waals surface area contributed by atoms with E-state index in [1.54, 1.807) is 12.1 Å². The van der Waals surface area contributed by atoms with E-state index in [1.807, 2.05) is 6.92 Å². The van der Waals surface area contributed by atoms with Crippen LogP contribution in [0.15, 0.2) is 28.7 Å². The summed E-state index contributed by atoms with van der Waals surface area (Å²) >= 11 is 6.50. The fourth-order valence-corrected chi connectivity index (χ4v) is 3.58. The molecular weight excluding hydrogens is 310 g/mol. The second-order valence-corrected chi connectivity index (χ2v) is 6.88. The quantitative estimate of drug-likeness (QED) is 0.915. The fraction of sp³-hybridized carbons (Fsp3) is 0.200. The van der Waals surface area contributed by atoms with Crippen LogP contribution in [0.3, 0.4) is 0 Å². The molecule has 0 unspecified atom stereocenters. The third-order valence-corrected chi connectivity index (χ3v) is 4.96. The maximum atomic E-state index is 12.0. The number of aromatic nitrogens is 2. The molecule has 2 aromatic rings. The number of thiazole rings is 1. The molecule has 19 heavy (non-hydrogen) atoms. The third kappa shape index (κ3) is 3.55. The largest absolute Gasteiger partial charge is 0.478 e. The zero-order valence-corrected chi connectivity index (χ0v) is 12.2. The molecule has 0 fully saturated rings. The number of nitrogens with zero attached hydrogens (tertiary/aromatic N) is 2. The van der Waals surface area contributed by atoms with Crippen molar-refractivity contribution in [1.29, 1.82) is 0 Å². The van der Waals surface area contributed by atoms with Gasteiger partial charge >= 0.3 is 0 Å². The van der Waals surface area contributed by atoms with Crippen molar-refractivity contribution in [1.82, 2.24) is 9.97 Å². The predicted octanol–water partition coefficient (Wildman–Crippen LogP) is 2.39. The molecule has 0 spiro atoms. The van der Waals surface area contributed by atoms with Crippen molar-refractivity contribution in [3.63, 3.8) is 0 Å². The van der Waals surface area contributed by atoms with Gasteiger partial charge in [-0.2, -0.15) is 0 Å². The van der Waals surface area contributed by atoms with Gasteiger partial charge in [-0.3, -0.25) is 4.72 Å². The lowest BCUT2D eigenvalue weighted by Crippen LogP contribution is -2.11. The van der Waals surface area contributed by atoms with E-state index >= 15 is 0 Å². The van der Waals surface area contributed by atoms with Crippen molar-refractivity contribution in [2.45, 2.75) is 11.1 Å². The maximum absolute atomic E-state index is 12.0. The minimum Gasteiger partial charge on any atom is -0.478 e. The summed E-state index contributed by atoms with van der Waals surface area (Å²) in [5.74, 6) is 0.436. The lowest BCUT2D eigenvalue weighted by molar-refractivity contribution is 0.327. The first kappa shape index (κ1) is 14.0. The molecule has 2 aromatic heterocycles. The van der Waals surface area contributed by atoms with Crippen LogP contribution >= 0.6 is 22.9 Å². The van der Waals surface area contributed by atoms with Crippen LogP contribution in [0.5, 0.6) is 5.88 Å². The van der Waals surface area contributed by atoms with E-state index in [-0.39, 0.29) is 8.68 Å². The van der Waals surface area contributed by atoms with E-state index in [0.717, 1.165) is 11.3 Å². The number of nitrogens with one attached hydrogen (secondary N) is 1. The van der Waals surface area contributed by atoms with Crippen LogP contribution in [0.1, 0.15) is 6.92 Å². The Balaban J connectivity index is 2.16. The second kappa shape index (κ2) is 5.72. The van der Waals surface area contributed by atoms with Gasteiger partial charge in [0.05, 0.1) is 24.7 Å². The molecule has 0 aromatic carbocycles. The van der Waals surface area contributed by atoms with E-state index < -0.39 is 10.0 Å². The Morgan fingerprint density at radius 2 is 2.16 bits per heavy atom. The van der Waals surface area contributed by atoms with Crippen LogP contribution < -0.4 is 9.46 Å². The molecule has 102 valence electrons. The van der Waals surface area contributed by atoms with E-state index in [4.69, 9.17) is 16.3 Å². The zero-order valence-electron chi connectivity index (χ0n) is 9.83. The predicted molar refractivity (Wildman–Crippen MR) is 73.3 cm³/mol. The van der Waals surface area contributed by atoms with Crippen molar-refractivity contribution in [2.24, 2.45) is 0 Å². The van der Waals surface area contributed by atoms with Crippen LogP contribution in [0.4, 0.5) is 5.69 Å². The highest BCUT2D eigenvalue weighted by Crippen LogP contribution is 2.24. The van der Waals surface area contributed by atoms with Crippen molar-refractivity contribution in [3.05, 3.63) is 29.0 Å². The van der Waals surface area contributed by atoms with Gasteiger partial charge in [0.25, 0.3) is 10.0 Å². The maximum Gasteiger partial charge on any atom is 0.273 e. The minimum absolute atomic E-state index is 0.0476. The second-order valence-electron chi connectivity index (χ2n) is 3.36. The number of hydrogen-bond acceptors (Lipinski definition) is 6. The van der Waals surface area contributed by atoms with Crippen molar-refractivity contribution >= 4 is 38.6 Å². The average Bonchev–Trinajstić information content (AvgIpc) is 2.79. The topological polar surface area (TPSA) is 81.2 Å². The van der Waals surface area contributed by atoms with Crippen LogP contribution in [-0.2, 0) is 10.0 Å². The standard InChI is InChI=1S/C10H10ClN3O3S2/c1-2-17-8-4-3-7(5-12-8)14-19(15,16)9-6-13-10(11)18-9/h3-6,14H,2H2,1H3. The fourth-order valence-electron chi connectivity index (χ4n) is 1.24. The molecule has 0 saturated heterocycles. The van der Waals surface area contributed by atoms with Gasteiger partial charge < -0.3 is 4.74 Å². The van der Waals surface area contributed by atoms with E-state index in [9.17, 15) is 8.42 Å². The molecule has 2 rings (SSSR count). The van der Waals surface area contributed by atoms with Crippen molar-refractivity contribution in [2.75, 3.05) is 11.3 Å². The number of ether oxygens (including phenoxy) is 1. The van der Waals surface area contributed by atoms with E-state index in [2.05, 4.69) is 14.7 Å². The molecule has 9 heteroatoms. The van der Waals surface area contributed by atoms with E-state index in [0.29, 0.717) is 18.2 Å². The smallest absolute Gasteiger partial charge is 0.273 e. The van der Waals surface area contributed by atoms with Gasteiger partial charge in [0.15, 0.2) is 8.68 Å². The average molecular weight is 320 g/mol. The summed E-state index contributed by atoms with van der Waals surface area (Å²) in [6.45, 7) is 2.34. The molecule has 0 aliphatic rings. The van der Waals surface area contributed by atoms with Crippen molar-refractivity contribution < 1.29 is 13.2 Å². The van der Waals surface area contributed by atoms with Gasteiger partial charge in [-0.25, -0.2) is 18.4 Å². The SMILES string of the molecule is CCOc1ccc(NS(=O)(=O)c2cnc(Cl)s2)cn1. The number of anilines is 1.